The van der Waals surface area contributed by atoms with Crippen molar-refractivity contribution in [3.63, 3.8) is 0 Å². The molecule has 0 atom stereocenters. The Morgan fingerprint density at radius 1 is 0.892 bits per heavy atom. The monoisotopic (exact) mass is 515 g/mol. The molecule has 0 bridgehead atoms. The number of hydrogen-bond acceptors (Lipinski definition) is 6. The highest BCUT2D eigenvalue weighted by Crippen LogP contribution is 2.28. The van der Waals surface area contributed by atoms with Crippen molar-refractivity contribution >= 4 is 34.3 Å². The Morgan fingerprint density at radius 2 is 1.68 bits per heavy atom. The number of anilines is 2. The zero-order valence-corrected chi connectivity index (χ0v) is 22.2. The molecule has 4 aromatic rings. The summed E-state index contributed by atoms with van der Waals surface area (Å²) in [5.41, 5.74) is 2.19. The molecule has 0 saturated heterocycles. The van der Waals surface area contributed by atoms with Crippen LogP contribution in [0.15, 0.2) is 72.8 Å². The maximum Gasteiger partial charge on any atom is 0.225 e. The SMILES string of the molecule is CN(C)c1nc(NC2CCC(CNCc3cccc(Oc4ccc(Cl)cc4)c3)CC2)nc2ccccc12. The second kappa shape index (κ2) is 11.8. The standard InChI is InChI=1S/C30H34ClN5O/c1-36(2)29-27-8-3-4-9-28(27)34-30(35-29)33-24-14-10-21(11-15-24)19-32-20-22-6-5-7-26(18-22)37-25-16-12-23(31)13-17-25/h3-9,12-13,16-18,21,24,32H,10-11,14-15,19-20H2,1-2H3,(H,33,34,35). The fourth-order valence-electron chi connectivity index (χ4n) is 4.94. The van der Waals surface area contributed by atoms with Crippen molar-refractivity contribution in [2.24, 2.45) is 5.92 Å². The molecule has 0 unspecified atom stereocenters. The van der Waals surface area contributed by atoms with E-state index in [4.69, 9.17) is 26.3 Å². The molecule has 3 aromatic carbocycles. The number of nitrogens with zero attached hydrogens (tertiary/aromatic N) is 3. The van der Waals surface area contributed by atoms with Crippen LogP contribution >= 0.6 is 11.6 Å². The largest absolute Gasteiger partial charge is 0.457 e. The van der Waals surface area contributed by atoms with E-state index in [1.807, 2.05) is 62.6 Å². The van der Waals surface area contributed by atoms with E-state index in [0.717, 1.165) is 60.1 Å². The summed E-state index contributed by atoms with van der Waals surface area (Å²) in [6, 6.07) is 24.3. The molecule has 37 heavy (non-hydrogen) atoms. The highest BCUT2D eigenvalue weighted by atomic mass is 35.5. The summed E-state index contributed by atoms with van der Waals surface area (Å²) in [7, 11) is 4.05. The molecule has 0 spiro atoms. The number of nitrogens with one attached hydrogen (secondary N) is 2. The Kier molecular flexibility index (Phi) is 8.07. The van der Waals surface area contributed by atoms with Gasteiger partial charge in [-0.2, -0.15) is 4.98 Å². The van der Waals surface area contributed by atoms with Gasteiger partial charge in [0.1, 0.15) is 17.3 Å². The van der Waals surface area contributed by atoms with E-state index >= 15 is 0 Å². The number of rotatable bonds is 9. The van der Waals surface area contributed by atoms with E-state index < -0.39 is 0 Å². The molecular formula is C30H34ClN5O. The third-order valence-corrected chi connectivity index (χ3v) is 7.15. The third kappa shape index (κ3) is 6.70. The lowest BCUT2D eigenvalue weighted by molar-refractivity contribution is 0.323. The number of halogens is 1. The molecule has 1 fully saturated rings. The predicted molar refractivity (Wildman–Crippen MR) is 153 cm³/mol. The first-order chi connectivity index (χ1) is 18.0. The van der Waals surface area contributed by atoms with Crippen LogP contribution in [-0.4, -0.2) is 36.6 Å². The minimum atomic E-state index is 0.411. The van der Waals surface area contributed by atoms with Gasteiger partial charge in [-0.3, -0.25) is 0 Å². The van der Waals surface area contributed by atoms with Crippen LogP contribution in [0.2, 0.25) is 5.02 Å². The molecule has 0 aliphatic heterocycles. The van der Waals surface area contributed by atoms with Crippen LogP contribution in [0.25, 0.3) is 10.9 Å². The number of benzene rings is 3. The molecule has 1 aromatic heterocycles. The first-order valence-corrected chi connectivity index (χ1v) is 13.3. The highest BCUT2D eigenvalue weighted by molar-refractivity contribution is 6.30. The normalized spacial score (nSPS) is 17.5. The van der Waals surface area contributed by atoms with Gasteiger partial charge in [0.2, 0.25) is 5.95 Å². The van der Waals surface area contributed by atoms with Gasteiger partial charge in [0.25, 0.3) is 0 Å². The van der Waals surface area contributed by atoms with Crippen LogP contribution in [-0.2, 0) is 6.54 Å². The third-order valence-electron chi connectivity index (χ3n) is 6.90. The second-order valence-corrected chi connectivity index (χ2v) is 10.4. The van der Waals surface area contributed by atoms with Crippen LogP contribution in [0.5, 0.6) is 11.5 Å². The van der Waals surface area contributed by atoms with Crippen molar-refractivity contribution in [1.29, 1.82) is 0 Å². The molecule has 0 radical (unpaired) electrons. The summed E-state index contributed by atoms with van der Waals surface area (Å²) in [5, 5.41) is 9.04. The van der Waals surface area contributed by atoms with Crippen molar-refractivity contribution in [1.82, 2.24) is 15.3 Å². The Morgan fingerprint density at radius 3 is 2.46 bits per heavy atom. The Balaban J connectivity index is 1.09. The van der Waals surface area contributed by atoms with Crippen LogP contribution in [0.4, 0.5) is 11.8 Å². The van der Waals surface area contributed by atoms with Gasteiger partial charge in [0, 0.05) is 37.1 Å². The molecule has 0 amide bonds. The topological polar surface area (TPSA) is 62.3 Å². The van der Waals surface area contributed by atoms with Crippen molar-refractivity contribution in [3.8, 4) is 11.5 Å². The zero-order valence-electron chi connectivity index (χ0n) is 21.5. The summed E-state index contributed by atoms with van der Waals surface area (Å²) >= 11 is 5.97. The molecule has 2 N–H and O–H groups in total. The first-order valence-electron chi connectivity index (χ1n) is 13.0. The molecule has 1 saturated carbocycles. The molecular weight excluding hydrogens is 482 g/mol. The average Bonchev–Trinajstić information content (AvgIpc) is 2.91. The Labute approximate surface area is 224 Å². The zero-order chi connectivity index (χ0) is 25.6. The number of aromatic nitrogens is 2. The average molecular weight is 516 g/mol. The van der Waals surface area contributed by atoms with Crippen molar-refractivity contribution in [3.05, 3.63) is 83.4 Å². The molecule has 1 aliphatic carbocycles. The second-order valence-electron chi connectivity index (χ2n) is 9.98. The van der Waals surface area contributed by atoms with Crippen LogP contribution in [0.3, 0.4) is 0 Å². The fraction of sp³-hybridized carbons (Fsp3) is 0.333. The lowest BCUT2D eigenvalue weighted by atomic mass is 9.86. The summed E-state index contributed by atoms with van der Waals surface area (Å²) in [4.78, 5) is 11.6. The van der Waals surface area contributed by atoms with E-state index in [-0.39, 0.29) is 0 Å². The summed E-state index contributed by atoms with van der Waals surface area (Å²) in [6.45, 7) is 1.85. The first kappa shape index (κ1) is 25.3. The Hall–Kier alpha value is -3.35. The maximum absolute atomic E-state index is 5.97. The predicted octanol–water partition coefficient (Wildman–Crippen LogP) is 6.90. The lowest BCUT2D eigenvalue weighted by Crippen LogP contribution is -2.31. The van der Waals surface area contributed by atoms with Gasteiger partial charge in [0.15, 0.2) is 0 Å². The van der Waals surface area contributed by atoms with E-state index in [9.17, 15) is 0 Å². The molecule has 7 heteroatoms. The van der Waals surface area contributed by atoms with E-state index in [1.54, 1.807) is 0 Å². The van der Waals surface area contributed by atoms with Crippen molar-refractivity contribution in [2.45, 2.75) is 38.3 Å². The molecule has 1 heterocycles. The minimum absolute atomic E-state index is 0.411. The van der Waals surface area contributed by atoms with Gasteiger partial charge < -0.3 is 20.3 Å². The van der Waals surface area contributed by atoms with Gasteiger partial charge in [-0.1, -0.05) is 35.9 Å². The van der Waals surface area contributed by atoms with Gasteiger partial charge in [-0.15, -0.1) is 0 Å². The van der Waals surface area contributed by atoms with Crippen LogP contribution in [0, 0.1) is 5.92 Å². The van der Waals surface area contributed by atoms with E-state index in [0.29, 0.717) is 17.0 Å². The van der Waals surface area contributed by atoms with Crippen LogP contribution in [0.1, 0.15) is 31.2 Å². The van der Waals surface area contributed by atoms with E-state index in [2.05, 4.69) is 39.8 Å². The summed E-state index contributed by atoms with van der Waals surface area (Å²) in [5.74, 6) is 3.98. The van der Waals surface area contributed by atoms with Crippen molar-refractivity contribution in [2.75, 3.05) is 30.9 Å². The quantitative estimate of drug-likeness (QED) is 0.253. The fourth-order valence-corrected chi connectivity index (χ4v) is 5.06. The minimum Gasteiger partial charge on any atom is -0.457 e. The summed E-state index contributed by atoms with van der Waals surface area (Å²) in [6.07, 6.45) is 4.64. The van der Waals surface area contributed by atoms with Crippen molar-refractivity contribution < 1.29 is 4.74 Å². The maximum atomic E-state index is 5.97. The van der Waals surface area contributed by atoms with E-state index in [1.165, 1.54) is 18.4 Å². The Bertz CT molecular complexity index is 1320. The number of hydrogen-bond donors (Lipinski definition) is 2. The summed E-state index contributed by atoms with van der Waals surface area (Å²) < 4.78 is 5.97. The van der Waals surface area contributed by atoms with Gasteiger partial charge in [0.05, 0.1) is 5.52 Å². The number of ether oxygens (including phenoxy) is 1. The molecule has 5 rings (SSSR count). The lowest BCUT2D eigenvalue weighted by Gasteiger charge is -2.29. The number of para-hydroxylation sites is 1. The van der Waals surface area contributed by atoms with Gasteiger partial charge >= 0.3 is 0 Å². The molecule has 192 valence electrons. The van der Waals surface area contributed by atoms with Crippen LogP contribution < -0.4 is 20.3 Å². The smallest absolute Gasteiger partial charge is 0.225 e. The van der Waals surface area contributed by atoms with Gasteiger partial charge in [-0.25, -0.2) is 4.98 Å². The highest BCUT2D eigenvalue weighted by Gasteiger charge is 2.22. The number of fused-ring (bicyclic) bond motifs is 1. The molecule has 6 nitrogen and oxygen atoms in total. The molecule has 1 aliphatic rings. The van der Waals surface area contributed by atoms with Gasteiger partial charge in [-0.05, 0) is 92.2 Å².